The molecule has 50 valence electrons. The molecule has 0 bridgehead atoms. The van der Waals surface area contributed by atoms with Crippen molar-refractivity contribution in [2.45, 2.75) is 25.3 Å². The van der Waals surface area contributed by atoms with E-state index < -0.39 is 8.32 Å². The normalized spacial score (nSPS) is 12.8. The van der Waals surface area contributed by atoms with Crippen molar-refractivity contribution in [3.63, 3.8) is 0 Å². The van der Waals surface area contributed by atoms with Gasteiger partial charge < -0.3 is 16.3 Å². The number of nitrogens with two attached hydrogens (primary N) is 2. The number of hydrogen-bond acceptors (Lipinski definition) is 3. The van der Waals surface area contributed by atoms with Gasteiger partial charge in [-0.25, -0.2) is 0 Å². The lowest BCUT2D eigenvalue weighted by molar-refractivity contribution is 0.536. The first-order valence-corrected chi connectivity index (χ1v) is 5.81. The lowest BCUT2D eigenvalue weighted by Gasteiger charge is -2.15. The second-order valence-corrected chi connectivity index (χ2v) is 6.71. The molecule has 0 aromatic heterocycles. The zero-order chi connectivity index (χ0) is 6.78. The predicted octanol–water partition coefficient (Wildman–Crippen LogP) is -0.573. The van der Waals surface area contributed by atoms with E-state index in [4.69, 9.17) is 16.3 Å². The highest BCUT2D eigenvalue weighted by molar-refractivity contribution is 6.69. The Bertz CT molecular complexity index is 68.9. The van der Waals surface area contributed by atoms with Gasteiger partial charge in [0.25, 0.3) is 0 Å². The van der Waals surface area contributed by atoms with Gasteiger partial charge in [0.15, 0.2) is 8.32 Å². The third kappa shape index (κ3) is 6.10. The molecular formula is C4H14N2OSi. The van der Waals surface area contributed by atoms with Crippen LogP contribution in [0.15, 0.2) is 0 Å². The van der Waals surface area contributed by atoms with Crippen LogP contribution in [0, 0.1) is 0 Å². The molecule has 0 atom stereocenters. The zero-order valence-electron chi connectivity index (χ0n) is 5.39. The summed E-state index contributed by atoms with van der Waals surface area (Å²) in [6.07, 6.45) is -0.346. The minimum Gasteiger partial charge on any atom is -0.432 e. The lowest BCUT2D eigenvalue weighted by atomic mass is 10.6. The van der Waals surface area contributed by atoms with Gasteiger partial charge in [-0.3, -0.25) is 0 Å². The largest absolute Gasteiger partial charge is 0.432 e. The molecule has 0 aromatic rings. The molecule has 0 heterocycles. The standard InChI is InChI=1S/C4H14N2OSi/c1-8(2,7)3-4(5)6/h4,7H,3,5-6H2,1-2H3. The van der Waals surface area contributed by atoms with Crippen LogP contribution in [0.5, 0.6) is 0 Å². The summed E-state index contributed by atoms with van der Waals surface area (Å²) in [6.45, 7) is 3.64. The summed E-state index contributed by atoms with van der Waals surface area (Å²) in [6, 6.07) is 0.576. The maximum Gasteiger partial charge on any atom is 0.185 e. The quantitative estimate of drug-likeness (QED) is 0.350. The monoisotopic (exact) mass is 134 g/mol. The molecule has 0 fully saturated rings. The summed E-state index contributed by atoms with van der Waals surface area (Å²) < 4.78 is 0. The van der Waals surface area contributed by atoms with E-state index in [0.717, 1.165) is 0 Å². The van der Waals surface area contributed by atoms with Crippen molar-refractivity contribution in [2.24, 2.45) is 11.5 Å². The minimum atomic E-state index is -1.97. The van der Waals surface area contributed by atoms with E-state index >= 15 is 0 Å². The van der Waals surface area contributed by atoms with Gasteiger partial charge in [-0.05, 0) is 19.1 Å². The topological polar surface area (TPSA) is 72.3 Å². The molecule has 0 saturated heterocycles. The van der Waals surface area contributed by atoms with Gasteiger partial charge in [0.1, 0.15) is 0 Å². The average molecular weight is 134 g/mol. The first kappa shape index (κ1) is 8.10. The lowest BCUT2D eigenvalue weighted by Crippen LogP contribution is -2.40. The molecule has 0 aliphatic heterocycles. The van der Waals surface area contributed by atoms with Crippen LogP contribution >= 0.6 is 0 Å². The molecule has 0 radical (unpaired) electrons. The van der Waals surface area contributed by atoms with E-state index in [9.17, 15) is 0 Å². The third-order valence-corrected chi connectivity index (χ3v) is 2.21. The molecule has 0 aromatic carbocycles. The first-order chi connectivity index (χ1) is 3.42. The van der Waals surface area contributed by atoms with E-state index in [1.165, 1.54) is 0 Å². The van der Waals surface area contributed by atoms with Crippen LogP contribution in [0.2, 0.25) is 19.1 Å². The molecule has 3 nitrogen and oxygen atoms in total. The minimum absolute atomic E-state index is 0.346. The Morgan fingerprint density at radius 1 is 1.50 bits per heavy atom. The van der Waals surface area contributed by atoms with Crippen LogP contribution in [0.25, 0.3) is 0 Å². The van der Waals surface area contributed by atoms with Crippen molar-refractivity contribution in [1.82, 2.24) is 0 Å². The van der Waals surface area contributed by atoms with Gasteiger partial charge in [0.2, 0.25) is 0 Å². The molecule has 0 aliphatic carbocycles. The van der Waals surface area contributed by atoms with Crippen LogP contribution < -0.4 is 11.5 Å². The van der Waals surface area contributed by atoms with E-state index in [2.05, 4.69) is 0 Å². The van der Waals surface area contributed by atoms with Crippen molar-refractivity contribution >= 4 is 8.32 Å². The van der Waals surface area contributed by atoms with Gasteiger partial charge >= 0.3 is 0 Å². The van der Waals surface area contributed by atoms with Crippen LogP contribution in [0.4, 0.5) is 0 Å². The molecule has 0 rings (SSSR count). The first-order valence-electron chi connectivity index (χ1n) is 2.65. The van der Waals surface area contributed by atoms with Crippen LogP contribution in [-0.4, -0.2) is 19.3 Å². The molecule has 0 aliphatic rings. The highest BCUT2D eigenvalue weighted by Crippen LogP contribution is 2.02. The Labute approximate surface area is 50.8 Å². The zero-order valence-corrected chi connectivity index (χ0v) is 6.39. The van der Waals surface area contributed by atoms with Gasteiger partial charge in [-0.1, -0.05) is 0 Å². The maximum atomic E-state index is 9.17. The van der Waals surface area contributed by atoms with Crippen molar-refractivity contribution in [3.05, 3.63) is 0 Å². The molecule has 0 amide bonds. The fraction of sp³-hybridized carbons (Fsp3) is 1.00. The van der Waals surface area contributed by atoms with Crippen molar-refractivity contribution < 1.29 is 4.80 Å². The highest BCUT2D eigenvalue weighted by Gasteiger charge is 2.18. The second-order valence-electron chi connectivity index (χ2n) is 2.68. The van der Waals surface area contributed by atoms with E-state index in [1.807, 2.05) is 13.1 Å². The van der Waals surface area contributed by atoms with Gasteiger partial charge in [0.05, 0.1) is 6.17 Å². The SMILES string of the molecule is C[Si](C)(O)CC(N)N. The Hall–Kier alpha value is 0.0969. The van der Waals surface area contributed by atoms with Gasteiger partial charge in [0, 0.05) is 0 Å². The van der Waals surface area contributed by atoms with Gasteiger partial charge in [-0.2, -0.15) is 0 Å². The summed E-state index contributed by atoms with van der Waals surface area (Å²) in [5.74, 6) is 0. The Balaban J connectivity index is 3.39. The summed E-state index contributed by atoms with van der Waals surface area (Å²) in [5.41, 5.74) is 10.5. The fourth-order valence-corrected chi connectivity index (χ4v) is 1.73. The molecule has 5 N–H and O–H groups in total. The van der Waals surface area contributed by atoms with E-state index in [1.54, 1.807) is 0 Å². The average Bonchev–Trinajstić information content (AvgIpc) is 1.21. The molecule has 0 saturated carbocycles. The number of hydrogen-bond donors (Lipinski definition) is 3. The van der Waals surface area contributed by atoms with Crippen LogP contribution in [0.1, 0.15) is 0 Å². The van der Waals surface area contributed by atoms with Crippen LogP contribution in [-0.2, 0) is 0 Å². The predicted molar refractivity (Wildman–Crippen MR) is 36.7 cm³/mol. The van der Waals surface area contributed by atoms with Crippen molar-refractivity contribution in [2.75, 3.05) is 0 Å². The maximum absolute atomic E-state index is 9.17. The third-order valence-electron chi connectivity index (χ3n) is 0.735. The second kappa shape index (κ2) is 2.59. The summed E-state index contributed by atoms with van der Waals surface area (Å²) in [7, 11) is -1.97. The van der Waals surface area contributed by atoms with E-state index in [0.29, 0.717) is 6.04 Å². The summed E-state index contributed by atoms with van der Waals surface area (Å²) in [4.78, 5) is 9.17. The molecule has 4 heteroatoms. The molecule has 8 heavy (non-hydrogen) atoms. The summed E-state index contributed by atoms with van der Waals surface area (Å²) >= 11 is 0. The molecule has 0 spiro atoms. The number of rotatable bonds is 2. The Kier molecular flexibility index (Phi) is 2.62. The van der Waals surface area contributed by atoms with Crippen LogP contribution in [0.3, 0.4) is 0 Å². The van der Waals surface area contributed by atoms with Crippen molar-refractivity contribution in [1.29, 1.82) is 0 Å². The molecular weight excluding hydrogens is 120 g/mol. The Morgan fingerprint density at radius 3 is 1.88 bits per heavy atom. The van der Waals surface area contributed by atoms with Gasteiger partial charge in [-0.15, -0.1) is 0 Å². The Morgan fingerprint density at radius 2 is 1.88 bits per heavy atom. The van der Waals surface area contributed by atoms with Crippen molar-refractivity contribution in [3.8, 4) is 0 Å². The fourth-order valence-electron chi connectivity index (χ4n) is 0.577. The van der Waals surface area contributed by atoms with E-state index in [-0.39, 0.29) is 6.17 Å². The summed E-state index contributed by atoms with van der Waals surface area (Å²) in [5, 5.41) is 0. The highest BCUT2D eigenvalue weighted by atomic mass is 28.4. The molecule has 0 unspecified atom stereocenters. The smallest absolute Gasteiger partial charge is 0.185 e.